The van der Waals surface area contributed by atoms with Crippen LogP contribution in [0.2, 0.25) is 0 Å². The molecule has 0 aromatic carbocycles. The average Bonchev–Trinajstić information content (AvgIpc) is 2.74. The molecule has 0 fully saturated rings. The Morgan fingerprint density at radius 2 is 1.20 bits per heavy atom. The minimum atomic E-state index is -0.227. The maximum Gasteiger partial charge on any atom is 0.152 e. The summed E-state index contributed by atoms with van der Waals surface area (Å²) < 4.78 is 0. The zero-order valence-electron chi connectivity index (χ0n) is 22.9. The van der Waals surface area contributed by atoms with Gasteiger partial charge in [0, 0.05) is 0 Å². The van der Waals surface area contributed by atoms with E-state index in [0.717, 1.165) is 24.0 Å². The Balaban J connectivity index is 2.66. The summed E-state index contributed by atoms with van der Waals surface area (Å²) in [4.78, 5) is 11.0. The lowest BCUT2D eigenvalue weighted by Gasteiger charge is -2.35. The SMILES string of the molecule is CC(=O)/C=C/C(C)=C/C=C/C(C)=C/C=C/C=C(C)/C=C/C=C(C)/C=C/C1=C(C)C[C@@H](O)CC1(C)C. The fraction of sp³-hybridized carbons (Fsp3) is 0.364. The smallest absolute Gasteiger partial charge is 0.152 e. The lowest BCUT2D eigenvalue weighted by molar-refractivity contribution is -0.112. The standard InChI is InChI=1S/C33H44O2/c1-25(15-11-17-27(3)19-21-30(6)34)13-9-10-14-26(2)16-12-18-28(4)20-22-32-29(5)23-31(35)24-33(32,7)8/h9-22,31,35H,23-24H2,1-8H3/b10-9+,15-11+,16-12+,21-19+,22-20+,25-13+,26-14+,27-17+,28-18+/t31-/m1/s1. The van der Waals surface area contributed by atoms with Crippen LogP contribution in [0.25, 0.3) is 0 Å². The molecule has 188 valence electrons. The molecule has 1 rings (SSSR count). The van der Waals surface area contributed by atoms with Crippen molar-refractivity contribution in [3.8, 4) is 0 Å². The first-order valence-corrected chi connectivity index (χ1v) is 12.4. The zero-order chi connectivity index (χ0) is 26.4. The van der Waals surface area contributed by atoms with Crippen LogP contribution < -0.4 is 0 Å². The van der Waals surface area contributed by atoms with E-state index in [1.807, 2.05) is 43.4 Å². The molecule has 1 aliphatic carbocycles. The summed E-state index contributed by atoms with van der Waals surface area (Å²) in [5.74, 6) is 0.0538. The number of carbonyl (C=O) groups excluding carboxylic acids is 1. The molecule has 1 aliphatic rings. The molecule has 1 N–H and O–H groups in total. The van der Waals surface area contributed by atoms with Gasteiger partial charge in [-0.3, -0.25) is 4.79 Å². The summed E-state index contributed by atoms with van der Waals surface area (Å²) in [6.07, 6.45) is 29.7. The highest BCUT2D eigenvalue weighted by Gasteiger charge is 2.31. The van der Waals surface area contributed by atoms with E-state index >= 15 is 0 Å². The summed E-state index contributed by atoms with van der Waals surface area (Å²) in [7, 11) is 0. The number of allylic oxidation sites excluding steroid dienone is 19. The van der Waals surface area contributed by atoms with Gasteiger partial charge in [-0.05, 0) is 71.4 Å². The monoisotopic (exact) mass is 472 g/mol. The molecule has 35 heavy (non-hydrogen) atoms. The Bertz CT molecular complexity index is 1040. The normalized spacial score (nSPS) is 21.1. The highest BCUT2D eigenvalue weighted by Crippen LogP contribution is 2.41. The fourth-order valence-electron chi connectivity index (χ4n) is 3.98. The van der Waals surface area contributed by atoms with E-state index in [2.05, 4.69) is 84.1 Å². The van der Waals surface area contributed by atoms with Crippen molar-refractivity contribution in [2.45, 2.75) is 74.3 Å². The first-order chi connectivity index (χ1) is 16.4. The summed E-state index contributed by atoms with van der Waals surface area (Å²) >= 11 is 0. The minimum absolute atomic E-state index is 0.00584. The Morgan fingerprint density at radius 1 is 0.743 bits per heavy atom. The second-order valence-electron chi connectivity index (χ2n) is 10.2. The molecule has 0 saturated carbocycles. The molecule has 0 spiro atoms. The van der Waals surface area contributed by atoms with Gasteiger partial charge in [0.15, 0.2) is 5.78 Å². The van der Waals surface area contributed by atoms with E-state index in [4.69, 9.17) is 0 Å². The van der Waals surface area contributed by atoms with Crippen molar-refractivity contribution in [3.63, 3.8) is 0 Å². The van der Waals surface area contributed by atoms with E-state index in [0.29, 0.717) is 0 Å². The number of aliphatic hydroxyl groups is 1. The molecule has 0 amide bonds. The summed E-state index contributed by atoms with van der Waals surface area (Å²) in [5.41, 5.74) is 7.18. The first-order valence-electron chi connectivity index (χ1n) is 12.4. The molecule has 0 aliphatic heterocycles. The second-order valence-corrected chi connectivity index (χ2v) is 10.2. The van der Waals surface area contributed by atoms with Crippen LogP contribution in [0.1, 0.15) is 68.2 Å². The van der Waals surface area contributed by atoms with Gasteiger partial charge in [0.25, 0.3) is 0 Å². The average molecular weight is 473 g/mol. The summed E-state index contributed by atoms with van der Waals surface area (Å²) in [6, 6.07) is 0. The van der Waals surface area contributed by atoms with Crippen molar-refractivity contribution in [2.75, 3.05) is 0 Å². The maximum absolute atomic E-state index is 11.0. The minimum Gasteiger partial charge on any atom is -0.393 e. The Labute approximate surface area is 213 Å². The van der Waals surface area contributed by atoms with Crippen LogP contribution in [0, 0.1) is 5.41 Å². The third kappa shape index (κ3) is 12.9. The lowest BCUT2D eigenvalue weighted by atomic mass is 9.71. The van der Waals surface area contributed by atoms with Crippen LogP contribution in [0.4, 0.5) is 0 Å². The lowest BCUT2D eigenvalue weighted by Crippen LogP contribution is -2.28. The van der Waals surface area contributed by atoms with Crippen molar-refractivity contribution in [3.05, 3.63) is 119 Å². The molecular formula is C33H44O2. The third-order valence-corrected chi connectivity index (χ3v) is 5.84. The predicted molar refractivity (Wildman–Crippen MR) is 153 cm³/mol. The molecule has 2 nitrogen and oxygen atoms in total. The van der Waals surface area contributed by atoms with Crippen LogP contribution in [0.5, 0.6) is 0 Å². The van der Waals surface area contributed by atoms with Gasteiger partial charge in [0.1, 0.15) is 0 Å². The van der Waals surface area contributed by atoms with Crippen LogP contribution in [-0.2, 0) is 4.79 Å². The van der Waals surface area contributed by atoms with E-state index in [1.165, 1.54) is 22.3 Å². The van der Waals surface area contributed by atoms with Crippen LogP contribution >= 0.6 is 0 Å². The first kappa shape index (κ1) is 30.1. The number of hydrogen-bond donors (Lipinski definition) is 1. The van der Waals surface area contributed by atoms with Crippen molar-refractivity contribution in [1.82, 2.24) is 0 Å². The Hall–Kier alpha value is -2.97. The van der Waals surface area contributed by atoms with Crippen molar-refractivity contribution >= 4 is 5.78 Å². The number of ketones is 1. The highest BCUT2D eigenvalue weighted by atomic mass is 16.3. The predicted octanol–water partition coefficient (Wildman–Crippen LogP) is 8.64. The Kier molecular flexibility index (Phi) is 13.0. The third-order valence-electron chi connectivity index (χ3n) is 5.84. The van der Waals surface area contributed by atoms with Crippen molar-refractivity contribution < 1.29 is 9.90 Å². The molecule has 0 aromatic heterocycles. The van der Waals surface area contributed by atoms with Crippen LogP contribution in [-0.4, -0.2) is 17.0 Å². The zero-order valence-corrected chi connectivity index (χ0v) is 22.9. The van der Waals surface area contributed by atoms with Crippen LogP contribution in [0.15, 0.2) is 119 Å². The van der Waals surface area contributed by atoms with Gasteiger partial charge in [-0.15, -0.1) is 0 Å². The molecule has 1 atom stereocenters. The second kappa shape index (κ2) is 15.1. The molecular weight excluding hydrogens is 428 g/mol. The van der Waals surface area contributed by atoms with Crippen LogP contribution in [0.3, 0.4) is 0 Å². The van der Waals surface area contributed by atoms with Gasteiger partial charge in [-0.25, -0.2) is 0 Å². The van der Waals surface area contributed by atoms with Gasteiger partial charge < -0.3 is 5.11 Å². The number of carbonyl (C=O) groups is 1. The van der Waals surface area contributed by atoms with Crippen molar-refractivity contribution in [1.29, 1.82) is 0 Å². The van der Waals surface area contributed by atoms with Crippen molar-refractivity contribution in [2.24, 2.45) is 5.41 Å². The number of aliphatic hydroxyl groups excluding tert-OH is 1. The number of rotatable bonds is 10. The van der Waals surface area contributed by atoms with Gasteiger partial charge >= 0.3 is 0 Å². The molecule has 0 unspecified atom stereocenters. The summed E-state index contributed by atoms with van der Waals surface area (Å²) in [6.45, 7) is 16.3. The quantitative estimate of drug-likeness (QED) is 0.255. The van der Waals surface area contributed by atoms with Gasteiger partial charge in [0.2, 0.25) is 0 Å². The molecule has 0 aromatic rings. The highest BCUT2D eigenvalue weighted by molar-refractivity contribution is 5.87. The fourth-order valence-corrected chi connectivity index (χ4v) is 3.98. The van der Waals surface area contributed by atoms with E-state index in [-0.39, 0.29) is 17.3 Å². The van der Waals surface area contributed by atoms with E-state index in [9.17, 15) is 9.90 Å². The van der Waals surface area contributed by atoms with E-state index < -0.39 is 0 Å². The molecule has 0 bridgehead atoms. The Morgan fingerprint density at radius 3 is 1.69 bits per heavy atom. The molecule has 2 heteroatoms. The van der Waals surface area contributed by atoms with Gasteiger partial charge in [-0.2, -0.15) is 0 Å². The van der Waals surface area contributed by atoms with E-state index in [1.54, 1.807) is 13.0 Å². The number of hydrogen-bond acceptors (Lipinski definition) is 2. The topological polar surface area (TPSA) is 37.3 Å². The maximum atomic E-state index is 11.0. The molecule has 0 saturated heterocycles. The largest absolute Gasteiger partial charge is 0.393 e. The molecule has 0 radical (unpaired) electrons. The van der Waals surface area contributed by atoms with Gasteiger partial charge in [-0.1, -0.05) is 121 Å². The summed E-state index contributed by atoms with van der Waals surface area (Å²) in [5, 5.41) is 10.1. The molecule has 0 heterocycles. The van der Waals surface area contributed by atoms with Gasteiger partial charge in [0.05, 0.1) is 6.10 Å².